The fourth-order valence-corrected chi connectivity index (χ4v) is 3.58. The number of carbonyl (C=O) groups is 1. The van der Waals surface area contributed by atoms with E-state index in [1.165, 1.54) is 23.1 Å². The van der Waals surface area contributed by atoms with Crippen molar-refractivity contribution in [3.63, 3.8) is 0 Å². The highest BCUT2D eigenvalue weighted by Crippen LogP contribution is 2.47. The van der Waals surface area contributed by atoms with Crippen LogP contribution in [0.25, 0.3) is 0 Å². The van der Waals surface area contributed by atoms with Gasteiger partial charge in [0.2, 0.25) is 0 Å². The largest absolute Gasteiger partial charge is 0.300 e. The molecule has 1 heteroatoms. The standard InChI is InChI=1S/C15H18O/c1-9-3-4-10(2)15-13(9)7-11-5-6-12(16)8-14(11)15/h3-4,11,14H,5-8H2,1-2H3. The van der Waals surface area contributed by atoms with Crippen molar-refractivity contribution in [3.8, 4) is 0 Å². The fraction of sp³-hybridized carbons (Fsp3) is 0.533. The van der Waals surface area contributed by atoms with Crippen LogP contribution in [0.15, 0.2) is 12.1 Å². The number of ketones is 1. The maximum Gasteiger partial charge on any atom is 0.133 e. The lowest BCUT2D eigenvalue weighted by Gasteiger charge is -2.25. The molecule has 1 fully saturated rings. The Morgan fingerprint density at radius 1 is 1.12 bits per heavy atom. The second-order valence-electron chi connectivity index (χ2n) is 5.44. The van der Waals surface area contributed by atoms with Gasteiger partial charge in [-0.25, -0.2) is 0 Å². The monoisotopic (exact) mass is 214 g/mol. The van der Waals surface area contributed by atoms with Gasteiger partial charge in [-0.1, -0.05) is 12.1 Å². The van der Waals surface area contributed by atoms with Crippen molar-refractivity contribution in [2.75, 3.05) is 0 Å². The van der Waals surface area contributed by atoms with E-state index in [0.717, 1.165) is 25.2 Å². The third kappa shape index (κ3) is 1.34. The topological polar surface area (TPSA) is 17.1 Å². The summed E-state index contributed by atoms with van der Waals surface area (Å²) < 4.78 is 0. The van der Waals surface area contributed by atoms with E-state index in [9.17, 15) is 4.79 Å². The smallest absolute Gasteiger partial charge is 0.133 e. The molecular weight excluding hydrogens is 196 g/mol. The van der Waals surface area contributed by atoms with Gasteiger partial charge >= 0.3 is 0 Å². The zero-order valence-corrected chi connectivity index (χ0v) is 10.0. The maximum absolute atomic E-state index is 11.6. The van der Waals surface area contributed by atoms with Crippen LogP contribution in [-0.4, -0.2) is 5.78 Å². The summed E-state index contributed by atoms with van der Waals surface area (Å²) in [6, 6.07) is 4.45. The van der Waals surface area contributed by atoms with E-state index >= 15 is 0 Å². The van der Waals surface area contributed by atoms with Gasteiger partial charge < -0.3 is 0 Å². The lowest BCUT2D eigenvalue weighted by atomic mass is 9.78. The van der Waals surface area contributed by atoms with Crippen LogP contribution >= 0.6 is 0 Å². The first-order valence-corrected chi connectivity index (χ1v) is 6.27. The molecule has 1 aromatic carbocycles. The fourth-order valence-electron chi connectivity index (χ4n) is 3.58. The van der Waals surface area contributed by atoms with E-state index < -0.39 is 0 Å². The highest BCUT2D eigenvalue weighted by atomic mass is 16.1. The Labute approximate surface area is 96.9 Å². The summed E-state index contributed by atoms with van der Waals surface area (Å²) in [5.74, 6) is 1.75. The van der Waals surface area contributed by atoms with Crippen LogP contribution in [-0.2, 0) is 11.2 Å². The molecule has 1 saturated carbocycles. The number of Topliss-reactive ketones (excluding diaryl/α,β-unsaturated/α-hetero) is 1. The van der Waals surface area contributed by atoms with Gasteiger partial charge in [0.05, 0.1) is 0 Å². The molecule has 1 aromatic rings. The molecule has 0 radical (unpaired) electrons. The number of fused-ring (bicyclic) bond motifs is 3. The Hall–Kier alpha value is -1.11. The summed E-state index contributed by atoms with van der Waals surface area (Å²) in [4.78, 5) is 11.6. The second kappa shape index (κ2) is 3.44. The number of benzene rings is 1. The van der Waals surface area contributed by atoms with E-state index in [2.05, 4.69) is 26.0 Å². The van der Waals surface area contributed by atoms with E-state index in [1.807, 2.05) is 0 Å². The summed E-state index contributed by atoms with van der Waals surface area (Å²) in [7, 11) is 0. The minimum Gasteiger partial charge on any atom is -0.300 e. The van der Waals surface area contributed by atoms with Crippen LogP contribution in [0.5, 0.6) is 0 Å². The van der Waals surface area contributed by atoms with E-state index in [4.69, 9.17) is 0 Å². The van der Waals surface area contributed by atoms with Crippen molar-refractivity contribution in [3.05, 3.63) is 34.4 Å². The zero-order chi connectivity index (χ0) is 11.3. The second-order valence-corrected chi connectivity index (χ2v) is 5.44. The minimum atomic E-state index is 0.468. The Morgan fingerprint density at radius 2 is 1.88 bits per heavy atom. The number of aryl methyl sites for hydroxylation is 2. The summed E-state index contributed by atoms with van der Waals surface area (Å²) >= 11 is 0. The predicted octanol–water partition coefficient (Wildman–Crippen LogP) is 3.31. The highest BCUT2D eigenvalue weighted by Gasteiger charge is 2.38. The molecule has 2 unspecified atom stereocenters. The minimum absolute atomic E-state index is 0.468. The van der Waals surface area contributed by atoms with Crippen LogP contribution in [0, 0.1) is 19.8 Å². The predicted molar refractivity (Wildman–Crippen MR) is 64.7 cm³/mol. The quantitative estimate of drug-likeness (QED) is 0.647. The van der Waals surface area contributed by atoms with Gasteiger partial charge in [0, 0.05) is 12.8 Å². The third-order valence-corrected chi connectivity index (χ3v) is 4.46. The average molecular weight is 214 g/mol. The summed E-state index contributed by atoms with van der Waals surface area (Å²) in [5, 5.41) is 0. The van der Waals surface area contributed by atoms with Crippen molar-refractivity contribution in [1.29, 1.82) is 0 Å². The molecule has 0 N–H and O–H groups in total. The molecule has 0 aromatic heterocycles. The van der Waals surface area contributed by atoms with Gasteiger partial charge in [-0.2, -0.15) is 0 Å². The van der Waals surface area contributed by atoms with Crippen LogP contribution in [0.2, 0.25) is 0 Å². The van der Waals surface area contributed by atoms with Crippen molar-refractivity contribution in [2.24, 2.45) is 5.92 Å². The van der Waals surface area contributed by atoms with Gasteiger partial charge in [-0.3, -0.25) is 4.79 Å². The molecule has 1 nitrogen and oxygen atoms in total. The first kappa shape index (κ1) is 10.1. The number of rotatable bonds is 0. The van der Waals surface area contributed by atoms with E-state index in [-0.39, 0.29) is 0 Å². The molecule has 2 atom stereocenters. The molecule has 0 aliphatic heterocycles. The van der Waals surface area contributed by atoms with Gasteiger partial charge in [-0.05, 0) is 60.8 Å². The van der Waals surface area contributed by atoms with Crippen molar-refractivity contribution < 1.29 is 4.79 Å². The molecule has 0 heterocycles. The van der Waals surface area contributed by atoms with Crippen LogP contribution < -0.4 is 0 Å². The Morgan fingerprint density at radius 3 is 2.69 bits per heavy atom. The van der Waals surface area contributed by atoms with E-state index in [0.29, 0.717) is 11.7 Å². The number of hydrogen-bond acceptors (Lipinski definition) is 1. The van der Waals surface area contributed by atoms with Gasteiger partial charge in [-0.15, -0.1) is 0 Å². The van der Waals surface area contributed by atoms with Crippen LogP contribution in [0.3, 0.4) is 0 Å². The molecule has 0 spiro atoms. The summed E-state index contributed by atoms with van der Waals surface area (Å²) in [6.07, 6.45) is 3.92. The lowest BCUT2D eigenvalue weighted by molar-refractivity contribution is -0.121. The van der Waals surface area contributed by atoms with Gasteiger partial charge in [0.25, 0.3) is 0 Å². The highest BCUT2D eigenvalue weighted by molar-refractivity contribution is 5.80. The molecule has 3 rings (SSSR count). The Kier molecular flexibility index (Phi) is 2.17. The lowest BCUT2D eigenvalue weighted by Crippen LogP contribution is -2.20. The van der Waals surface area contributed by atoms with Gasteiger partial charge in [0.15, 0.2) is 0 Å². The first-order chi connectivity index (χ1) is 7.66. The zero-order valence-electron chi connectivity index (χ0n) is 10.0. The average Bonchev–Trinajstić information content (AvgIpc) is 2.63. The van der Waals surface area contributed by atoms with Crippen molar-refractivity contribution >= 4 is 5.78 Å². The first-order valence-electron chi connectivity index (χ1n) is 6.27. The maximum atomic E-state index is 11.6. The summed E-state index contributed by atoms with van der Waals surface area (Å²) in [5.41, 5.74) is 5.87. The molecule has 2 aliphatic carbocycles. The molecule has 2 aliphatic rings. The third-order valence-electron chi connectivity index (χ3n) is 4.46. The summed E-state index contributed by atoms with van der Waals surface area (Å²) in [6.45, 7) is 4.40. The van der Waals surface area contributed by atoms with Crippen molar-refractivity contribution in [2.45, 2.75) is 45.4 Å². The number of carbonyl (C=O) groups excluding carboxylic acids is 1. The van der Waals surface area contributed by atoms with E-state index in [1.54, 1.807) is 5.56 Å². The molecule has 16 heavy (non-hydrogen) atoms. The molecule has 0 bridgehead atoms. The Bertz CT molecular complexity index is 459. The molecule has 84 valence electrons. The normalized spacial score (nSPS) is 27.8. The number of hydrogen-bond donors (Lipinski definition) is 0. The van der Waals surface area contributed by atoms with Crippen LogP contribution in [0.1, 0.15) is 47.4 Å². The van der Waals surface area contributed by atoms with Gasteiger partial charge in [0.1, 0.15) is 5.78 Å². The van der Waals surface area contributed by atoms with Crippen LogP contribution in [0.4, 0.5) is 0 Å². The molecular formula is C15H18O. The Balaban J connectivity index is 2.10. The molecule has 0 saturated heterocycles. The molecule has 0 amide bonds. The SMILES string of the molecule is Cc1ccc(C)c2c1CC1CCC(=O)CC21. The van der Waals surface area contributed by atoms with Crippen molar-refractivity contribution in [1.82, 2.24) is 0 Å².